The molecule has 0 unspecified atom stereocenters. The van der Waals surface area contributed by atoms with Crippen LogP contribution in [0.2, 0.25) is 0 Å². The predicted molar refractivity (Wildman–Crippen MR) is 44.0 cm³/mol. The lowest BCUT2D eigenvalue weighted by atomic mass is 9.98. The van der Waals surface area contributed by atoms with Gasteiger partial charge in [0.05, 0.1) is 6.61 Å². The molecule has 0 spiro atoms. The molecule has 0 saturated heterocycles. The minimum atomic E-state index is -4.23. The molecule has 0 atom stereocenters. The van der Waals surface area contributed by atoms with Gasteiger partial charge in [-0.15, -0.1) is 0 Å². The van der Waals surface area contributed by atoms with E-state index in [1.807, 2.05) is 0 Å². The third-order valence-corrected chi connectivity index (χ3v) is 2.52. The second-order valence-corrected chi connectivity index (χ2v) is 3.76. The average Bonchev–Trinajstić information content (AvgIpc) is 2.02. The van der Waals surface area contributed by atoms with Gasteiger partial charge in [-0.05, 0) is 23.2 Å². The molecule has 0 saturated carbocycles. The molecular weight excluding hydrogens is 247 g/mol. The Morgan fingerprint density at radius 1 is 1.07 bits per heavy atom. The summed E-state index contributed by atoms with van der Waals surface area (Å²) in [5, 5.41) is -8.47. The first kappa shape index (κ1) is 12.1. The average molecular weight is 253 g/mol. The Labute approximate surface area is 87.6 Å². The van der Waals surface area contributed by atoms with E-state index in [0.717, 1.165) is 6.08 Å². The number of rotatable bonds is 2. The quantitative estimate of drug-likeness (QED) is 0.416. The van der Waals surface area contributed by atoms with Gasteiger partial charge in [0.2, 0.25) is 5.60 Å². The van der Waals surface area contributed by atoms with E-state index in [9.17, 15) is 17.6 Å². The molecule has 0 amide bonds. The van der Waals surface area contributed by atoms with Gasteiger partial charge in [0.25, 0.3) is 0 Å². The first-order valence-corrected chi connectivity index (χ1v) is 4.39. The highest BCUT2D eigenvalue weighted by molar-refractivity contribution is 6.26. The number of hydrogen-bond acceptors (Lipinski definition) is 1. The molecule has 0 bridgehead atoms. The van der Waals surface area contributed by atoms with Gasteiger partial charge in [-0.1, -0.05) is 12.2 Å². The molecule has 14 heavy (non-hydrogen) atoms. The molecule has 7 heteroatoms. The number of halogens is 6. The van der Waals surface area contributed by atoms with Crippen LogP contribution >= 0.6 is 23.2 Å². The minimum absolute atomic E-state index is 0.370. The van der Waals surface area contributed by atoms with E-state index < -0.39 is 22.8 Å². The lowest BCUT2D eigenvalue weighted by Gasteiger charge is -2.40. The van der Waals surface area contributed by atoms with Crippen LogP contribution in [-0.2, 0) is 4.74 Å². The molecule has 0 aromatic heterocycles. The van der Waals surface area contributed by atoms with Gasteiger partial charge >= 0.3 is 10.8 Å². The summed E-state index contributed by atoms with van der Waals surface area (Å²) in [7, 11) is 0. The van der Waals surface area contributed by atoms with E-state index in [2.05, 4.69) is 27.9 Å². The van der Waals surface area contributed by atoms with Crippen LogP contribution in [0.4, 0.5) is 17.6 Å². The largest absolute Gasteiger partial charge is 0.357 e. The highest BCUT2D eigenvalue weighted by atomic mass is 35.5. The van der Waals surface area contributed by atoms with Crippen molar-refractivity contribution in [1.29, 1.82) is 0 Å². The zero-order chi connectivity index (χ0) is 11.0. The Bertz CT molecular complexity index is 229. The molecule has 82 valence electrons. The molecule has 0 N–H and O–H groups in total. The molecule has 0 fully saturated rings. The normalized spacial score (nSPS) is 22.4. The maximum absolute atomic E-state index is 12.8. The first-order chi connectivity index (χ1) is 6.21. The Morgan fingerprint density at radius 2 is 1.57 bits per heavy atom. The van der Waals surface area contributed by atoms with E-state index >= 15 is 0 Å². The number of hydrogen-bond donors (Lipinski definition) is 0. The topological polar surface area (TPSA) is 9.23 Å². The van der Waals surface area contributed by atoms with Gasteiger partial charge in [0.15, 0.2) is 0 Å². The zero-order valence-corrected chi connectivity index (χ0v) is 8.26. The summed E-state index contributed by atoms with van der Waals surface area (Å²) in [6.45, 7) is -0.370. The Balaban J connectivity index is 3.09. The summed E-state index contributed by atoms with van der Waals surface area (Å²) in [6, 6.07) is 0. The fourth-order valence-electron chi connectivity index (χ4n) is 1.12. The molecule has 0 aromatic carbocycles. The van der Waals surface area contributed by atoms with Crippen molar-refractivity contribution in [3.63, 3.8) is 0 Å². The van der Waals surface area contributed by atoms with E-state index in [0.29, 0.717) is 0 Å². The summed E-state index contributed by atoms with van der Waals surface area (Å²) in [6.07, 6.45) is 1.74. The van der Waals surface area contributed by atoms with Gasteiger partial charge in [0, 0.05) is 6.42 Å². The van der Waals surface area contributed by atoms with Crippen LogP contribution in [0.15, 0.2) is 12.2 Å². The monoisotopic (exact) mass is 252 g/mol. The maximum atomic E-state index is 12.8. The second-order valence-electron chi connectivity index (χ2n) is 2.81. The van der Waals surface area contributed by atoms with Crippen molar-refractivity contribution in [1.82, 2.24) is 0 Å². The zero-order valence-electron chi connectivity index (χ0n) is 6.74. The maximum Gasteiger partial charge on any atom is 0.357 e. The summed E-state index contributed by atoms with van der Waals surface area (Å²) < 4.78 is 55.5. The van der Waals surface area contributed by atoms with Crippen LogP contribution < -0.4 is 0 Å². The van der Waals surface area contributed by atoms with Crippen molar-refractivity contribution >= 4 is 23.2 Å². The van der Waals surface area contributed by atoms with E-state index in [1.165, 1.54) is 6.08 Å². The predicted octanol–water partition coefficient (Wildman–Crippen LogP) is 3.36. The minimum Gasteiger partial charge on any atom is -0.356 e. The standard InChI is InChI=1S/C7H6Cl2F4O/c8-6(10,11)5(7(9,12)13)3-1-2-4-14-5/h1-2H,3-4H2. The van der Waals surface area contributed by atoms with E-state index in [1.54, 1.807) is 0 Å². The smallest absolute Gasteiger partial charge is 0.356 e. The number of alkyl halides is 6. The molecular formula is C7H6Cl2F4O. The molecule has 1 nitrogen and oxygen atoms in total. The summed E-state index contributed by atoms with van der Waals surface area (Å²) in [4.78, 5) is 0. The second kappa shape index (κ2) is 3.54. The van der Waals surface area contributed by atoms with Crippen LogP contribution in [0.3, 0.4) is 0 Å². The van der Waals surface area contributed by atoms with Crippen LogP contribution in [-0.4, -0.2) is 23.0 Å². The summed E-state index contributed by atoms with van der Waals surface area (Å²) in [5.41, 5.74) is -3.17. The van der Waals surface area contributed by atoms with Crippen molar-refractivity contribution < 1.29 is 22.3 Å². The third kappa shape index (κ3) is 1.85. The van der Waals surface area contributed by atoms with Gasteiger partial charge in [0.1, 0.15) is 0 Å². The van der Waals surface area contributed by atoms with Crippen LogP contribution in [0.25, 0.3) is 0 Å². The molecule has 0 aliphatic carbocycles. The fourth-order valence-corrected chi connectivity index (χ4v) is 1.67. The van der Waals surface area contributed by atoms with E-state index in [-0.39, 0.29) is 6.61 Å². The van der Waals surface area contributed by atoms with Crippen molar-refractivity contribution in [2.24, 2.45) is 0 Å². The Hall–Kier alpha value is -0.0000000000000000763. The summed E-state index contributed by atoms with van der Waals surface area (Å²) >= 11 is 9.19. The first-order valence-electron chi connectivity index (χ1n) is 3.63. The van der Waals surface area contributed by atoms with Gasteiger partial charge in [-0.2, -0.15) is 17.6 Å². The SMILES string of the molecule is FC(F)(Cl)C1(C(F)(F)Cl)CC=CCO1. The van der Waals surface area contributed by atoms with Crippen LogP contribution in [0.1, 0.15) is 6.42 Å². The third-order valence-electron chi connectivity index (χ3n) is 1.91. The van der Waals surface area contributed by atoms with Crippen molar-refractivity contribution in [2.45, 2.75) is 22.8 Å². The fraction of sp³-hybridized carbons (Fsp3) is 0.714. The van der Waals surface area contributed by atoms with Crippen molar-refractivity contribution in [3.05, 3.63) is 12.2 Å². The van der Waals surface area contributed by atoms with E-state index in [4.69, 9.17) is 0 Å². The van der Waals surface area contributed by atoms with Crippen LogP contribution in [0.5, 0.6) is 0 Å². The van der Waals surface area contributed by atoms with Gasteiger partial charge < -0.3 is 4.74 Å². The Kier molecular flexibility index (Phi) is 3.05. The molecule has 1 rings (SSSR count). The Morgan fingerprint density at radius 3 is 1.79 bits per heavy atom. The molecule has 1 aliphatic rings. The van der Waals surface area contributed by atoms with Gasteiger partial charge in [-0.3, -0.25) is 0 Å². The highest BCUT2D eigenvalue weighted by Crippen LogP contribution is 2.51. The molecule has 0 aromatic rings. The van der Waals surface area contributed by atoms with Crippen LogP contribution in [0, 0.1) is 0 Å². The van der Waals surface area contributed by atoms with Crippen molar-refractivity contribution in [3.8, 4) is 0 Å². The lowest BCUT2D eigenvalue weighted by molar-refractivity contribution is -0.240. The van der Waals surface area contributed by atoms with Crippen molar-refractivity contribution in [2.75, 3.05) is 6.61 Å². The molecule has 0 radical (unpaired) electrons. The molecule has 1 heterocycles. The summed E-state index contributed by atoms with van der Waals surface area (Å²) in [5.74, 6) is 0. The van der Waals surface area contributed by atoms with Gasteiger partial charge in [-0.25, -0.2) is 0 Å². The highest BCUT2D eigenvalue weighted by Gasteiger charge is 2.68. The molecule has 1 aliphatic heterocycles. The lowest BCUT2D eigenvalue weighted by Crippen LogP contribution is -2.58. The number of ether oxygens (including phenoxy) is 1.